The van der Waals surface area contributed by atoms with Crippen LogP contribution in [0.3, 0.4) is 0 Å². The molecule has 4 heterocycles. The second-order valence-corrected chi connectivity index (χ2v) is 13.4. The van der Waals surface area contributed by atoms with E-state index in [-0.39, 0.29) is 5.97 Å². The highest BCUT2D eigenvalue weighted by atomic mass is 16.5. The van der Waals surface area contributed by atoms with Gasteiger partial charge < -0.3 is 29.3 Å². The largest absolute Gasteiger partial charge is 0.478 e. The van der Waals surface area contributed by atoms with Gasteiger partial charge in [-0.25, -0.2) is 9.59 Å². The predicted molar refractivity (Wildman–Crippen MR) is 173 cm³/mol. The lowest BCUT2D eigenvalue weighted by Crippen LogP contribution is -2.27. The number of nitrogens with one attached hydrogen (secondary N) is 2. The van der Waals surface area contributed by atoms with Crippen molar-refractivity contribution < 1.29 is 28.9 Å². The van der Waals surface area contributed by atoms with E-state index in [4.69, 9.17) is 14.2 Å². The molecule has 2 atom stereocenters. The lowest BCUT2D eigenvalue weighted by Gasteiger charge is -2.33. The normalized spacial score (nSPS) is 22.3. The second kappa shape index (κ2) is 13.0. The van der Waals surface area contributed by atoms with Crippen LogP contribution in [0.1, 0.15) is 81.8 Å². The Morgan fingerprint density at radius 3 is 1.62 bits per heavy atom. The molecule has 0 spiro atoms. The van der Waals surface area contributed by atoms with Gasteiger partial charge in [0.2, 0.25) is 0 Å². The molecule has 4 aliphatic rings. The number of aromatic nitrogens is 2. The van der Waals surface area contributed by atoms with Crippen LogP contribution in [-0.2, 0) is 39.9 Å². The SMILES string of the molecule is COC(=O)c1ccc2[nH]c3c(c2c1)CC(C1CCOCC1)CC3.O=C(O)c1ccc2[nH]c3c(c2c1)CC(C1CCOCC1)CC3. The summed E-state index contributed by atoms with van der Waals surface area (Å²) in [6.07, 6.45) is 11.6. The van der Waals surface area contributed by atoms with Gasteiger partial charge in [-0.1, -0.05) is 0 Å². The first-order valence-electron chi connectivity index (χ1n) is 16.7. The van der Waals surface area contributed by atoms with Gasteiger partial charge in [0.1, 0.15) is 0 Å². The number of aryl methyl sites for hydroxylation is 2. The molecule has 238 valence electrons. The Balaban J connectivity index is 0.000000145. The number of aromatic amines is 2. The predicted octanol–water partition coefficient (Wildman–Crippen LogP) is 6.88. The van der Waals surface area contributed by atoms with Gasteiger partial charge in [-0.3, -0.25) is 0 Å². The first-order valence-corrected chi connectivity index (χ1v) is 16.7. The lowest BCUT2D eigenvalue weighted by molar-refractivity contribution is 0.0439. The number of benzene rings is 2. The Morgan fingerprint density at radius 2 is 1.16 bits per heavy atom. The van der Waals surface area contributed by atoms with Crippen LogP contribution in [0.2, 0.25) is 0 Å². The van der Waals surface area contributed by atoms with Crippen molar-refractivity contribution in [2.24, 2.45) is 23.7 Å². The summed E-state index contributed by atoms with van der Waals surface area (Å²) in [6.45, 7) is 3.61. The number of esters is 1. The third-order valence-corrected chi connectivity index (χ3v) is 11.0. The number of hydrogen-bond donors (Lipinski definition) is 3. The third-order valence-electron chi connectivity index (χ3n) is 11.0. The molecular formula is C37H44N2O6. The second-order valence-electron chi connectivity index (χ2n) is 13.4. The summed E-state index contributed by atoms with van der Waals surface area (Å²) in [4.78, 5) is 30.1. The summed E-state index contributed by atoms with van der Waals surface area (Å²) in [6, 6.07) is 11.3. The summed E-state index contributed by atoms with van der Waals surface area (Å²) in [7, 11) is 1.43. The van der Waals surface area contributed by atoms with Crippen molar-refractivity contribution in [3.8, 4) is 0 Å². The molecule has 8 nitrogen and oxygen atoms in total. The number of hydrogen-bond acceptors (Lipinski definition) is 5. The molecular weight excluding hydrogens is 568 g/mol. The third kappa shape index (κ3) is 6.15. The van der Waals surface area contributed by atoms with E-state index in [0.717, 1.165) is 86.3 Å². The van der Waals surface area contributed by atoms with Crippen molar-refractivity contribution in [1.82, 2.24) is 9.97 Å². The number of ether oxygens (including phenoxy) is 3. The van der Waals surface area contributed by atoms with Crippen molar-refractivity contribution in [3.63, 3.8) is 0 Å². The smallest absolute Gasteiger partial charge is 0.337 e. The minimum atomic E-state index is -0.853. The Bertz CT molecular complexity index is 1690. The highest BCUT2D eigenvalue weighted by Gasteiger charge is 2.31. The quantitative estimate of drug-likeness (QED) is 0.217. The van der Waals surface area contributed by atoms with E-state index in [9.17, 15) is 14.7 Å². The lowest BCUT2D eigenvalue weighted by atomic mass is 9.75. The minimum absolute atomic E-state index is 0.265. The molecule has 8 rings (SSSR count). The molecule has 0 radical (unpaired) electrons. The first-order chi connectivity index (χ1) is 22.0. The van der Waals surface area contributed by atoms with Crippen LogP contribution in [0.5, 0.6) is 0 Å². The van der Waals surface area contributed by atoms with E-state index >= 15 is 0 Å². The van der Waals surface area contributed by atoms with Crippen molar-refractivity contribution in [2.45, 2.75) is 64.2 Å². The van der Waals surface area contributed by atoms with Gasteiger partial charge in [-0.15, -0.1) is 0 Å². The van der Waals surface area contributed by atoms with Crippen LogP contribution in [0.15, 0.2) is 36.4 Å². The van der Waals surface area contributed by atoms with Crippen LogP contribution in [0.25, 0.3) is 21.8 Å². The van der Waals surface area contributed by atoms with Crippen molar-refractivity contribution in [2.75, 3.05) is 33.5 Å². The Kier molecular flexibility index (Phi) is 8.69. The zero-order valence-electron chi connectivity index (χ0n) is 26.2. The summed E-state index contributed by atoms with van der Waals surface area (Å²) >= 11 is 0. The van der Waals surface area contributed by atoms with Crippen LogP contribution < -0.4 is 0 Å². The summed E-state index contributed by atoms with van der Waals surface area (Å²) < 4.78 is 15.9. The molecule has 4 aromatic rings. The number of H-pyrrole nitrogens is 2. The summed E-state index contributed by atoms with van der Waals surface area (Å²) in [5, 5.41) is 11.5. The van der Waals surface area contributed by atoms with Crippen LogP contribution in [0, 0.1) is 23.7 Å². The number of methoxy groups -OCH3 is 1. The number of carboxylic acids is 1. The summed E-state index contributed by atoms with van der Waals surface area (Å²) in [5.41, 5.74) is 8.64. The number of rotatable bonds is 4. The molecule has 0 amide bonds. The van der Waals surface area contributed by atoms with Crippen molar-refractivity contribution >= 4 is 33.7 Å². The topological polar surface area (TPSA) is 114 Å². The molecule has 2 aliphatic carbocycles. The average Bonchev–Trinajstić information content (AvgIpc) is 3.65. The molecule has 2 saturated heterocycles. The van der Waals surface area contributed by atoms with Gasteiger partial charge in [0, 0.05) is 59.6 Å². The van der Waals surface area contributed by atoms with E-state index in [2.05, 4.69) is 9.97 Å². The van der Waals surface area contributed by atoms with Gasteiger partial charge in [-0.2, -0.15) is 0 Å². The number of carbonyl (C=O) groups excluding carboxylic acids is 1. The molecule has 2 aromatic heterocycles. The fourth-order valence-corrected chi connectivity index (χ4v) is 8.45. The zero-order valence-corrected chi connectivity index (χ0v) is 26.2. The highest BCUT2D eigenvalue weighted by molar-refractivity contribution is 5.96. The molecule has 2 aromatic carbocycles. The maximum atomic E-state index is 11.8. The summed E-state index contributed by atoms with van der Waals surface area (Å²) in [5.74, 6) is 1.88. The Morgan fingerprint density at radius 1 is 0.689 bits per heavy atom. The molecule has 2 unspecified atom stereocenters. The highest BCUT2D eigenvalue weighted by Crippen LogP contribution is 2.39. The zero-order chi connectivity index (χ0) is 30.9. The van der Waals surface area contributed by atoms with E-state index in [1.54, 1.807) is 6.07 Å². The molecule has 0 saturated carbocycles. The van der Waals surface area contributed by atoms with E-state index in [1.165, 1.54) is 73.5 Å². The first kappa shape index (κ1) is 30.1. The molecule has 2 fully saturated rings. The van der Waals surface area contributed by atoms with E-state index in [1.807, 2.05) is 30.3 Å². The Labute approximate surface area is 263 Å². The van der Waals surface area contributed by atoms with Gasteiger partial charge in [0.15, 0.2) is 0 Å². The average molecular weight is 613 g/mol. The maximum Gasteiger partial charge on any atom is 0.337 e. The van der Waals surface area contributed by atoms with Crippen LogP contribution >= 0.6 is 0 Å². The van der Waals surface area contributed by atoms with Gasteiger partial charge >= 0.3 is 11.9 Å². The van der Waals surface area contributed by atoms with Gasteiger partial charge in [-0.05, 0) is 135 Å². The molecule has 45 heavy (non-hydrogen) atoms. The maximum absolute atomic E-state index is 11.8. The standard InChI is InChI=1S/C19H23NO3.C18H21NO3/c1-22-19(21)14-3-5-18-16(11-14)15-10-13(2-4-17(15)20-18)12-6-8-23-9-7-12;20-18(21)13-2-4-17-15(10-13)14-9-12(1-3-16(14)19-17)11-5-7-22-8-6-11/h3,5,11-13,20H,2,4,6-10H2,1H3;2,4,10-12,19H,1,3,5-9H2,(H,20,21). The molecule has 3 N–H and O–H groups in total. The van der Waals surface area contributed by atoms with Crippen LogP contribution in [-0.4, -0.2) is 60.6 Å². The minimum Gasteiger partial charge on any atom is -0.478 e. The molecule has 0 bridgehead atoms. The molecule has 8 heteroatoms. The fourth-order valence-electron chi connectivity index (χ4n) is 8.45. The molecule has 2 aliphatic heterocycles. The van der Waals surface area contributed by atoms with Gasteiger partial charge in [0.05, 0.1) is 18.2 Å². The fraction of sp³-hybridized carbons (Fsp3) is 0.514. The number of carbonyl (C=O) groups is 2. The Hall–Kier alpha value is -3.62. The monoisotopic (exact) mass is 612 g/mol. The number of aromatic carboxylic acids is 1. The van der Waals surface area contributed by atoms with E-state index < -0.39 is 5.97 Å². The van der Waals surface area contributed by atoms with Crippen molar-refractivity contribution in [1.29, 1.82) is 0 Å². The van der Waals surface area contributed by atoms with E-state index in [0.29, 0.717) is 17.0 Å². The van der Waals surface area contributed by atoms with Crippen molar-refractivity contribution in [3.05, 3.63) is 70.0 Å². The number of carboxylic acid groups (broad SMARTS) is 1. The number of fused-ring (bicyclic) bond motifs is 6. The van der Waals surface area contributed by atoms with Gasteiger partial charge in [0.25, 0.3) is 0 Å². The van der Waals surface area contributed by atoms with Crippen LogP contribution in [0.4, 0.5) is 0 Å².